The van der Waals surface area contributed by atoms with Crippen LogP contribution in [0.1, 0.15) is 41.0 Å². The molecule has 2 aliphatic rings. The van der Waals surface area contributed by atoms with Crippen LogP contribution in [0.25, 0.3) is 0 Å². The van der Waals surface area contributed by atoms with Crippen molar-refractivity contribution in [1.82, 2.24) is 19.9 Å². The molecular weight excluding hydrogens is 360 g/mol. The molecule has 0 atom stereocenters. The van der Waals surface area contributed by atoms with Crippen molar-refractivity contribution < 1.29 is 4.79 Å². The topological polar surface area (TPSA) is 65.5 Å². The lowest BCUT2D eigenvalue weighted by Crippen LogP contribution is -2.48. The van der Waals surface area contributed by atoms with Crippen LogP contribution >= 0.6 is 11.3 Å². The Morgan fingerprint density at radius 3 is 2.33 bits per heavy atom. The first-order valence-electron chi connectivity index (χ1n) is 9.51. The fourth-order valence-corrected chi connectivity index (χ4v) is 4.52. The summed E-state index contributed by atoms with van der Waals surface area (Å²) in [6.07, 6.45) is 6.05. The highest BCUT2D eigenvalue weighted by Gasteiger charge is 2.37. The van der Waals surface area contributed by atoms with Crippen LogP contribution in [0.2, 0.25) is 0 Å². The van der Waals surface area contributed by atoms with Crippen molar-refractivity contribution in [3.05, 3.63) is 28.5 Å². The number of carbonyl (C=O) groups excluding carboxylic acids is 1. The van der Waals surface area contributed by atoms with Gasteiger partial charge in [0.2, 0.25) is 0 Å². The van der Waals surface area contributed by atoms with Crippen molar-refractivity contribution in [2.45, 2.75) is 44.7 Å². The second-order valence-corrected chi connectivity index (χ2v) is 8.41. The summed E-state index contributed by atoms with van der Waals surface area (Å²) in [5.74, 6) is 2.07. The summed E-state index contributed by atoms with van der Waals surface area (Å²) in [5, 5.41) is 0. The van der Waals surface area contributed by atoms with E-state index < -0.39 is 0 Å². The Balaban J connectivity index is 1.46. The highest BCUT2D eigenvalue weighted by Crippen LogP contribution is 2.36. The fourth-order valence-electron chi connectivity index (χ4n) is 3.75. The van der Waals surface area contributed by atoms with E-state index in [2.05, 4.69) is 25.9 Å². The molecule has 0 N–H and O–H groups in total. The van der Waals surface area contributed by atoms with Crippen LogP contribution in [0.15, 0.2) is 17.9 Å². The zero-order valence-corrected chi connectivity index (χ0v) is 16.9. The fraction of sp³-hybridized carbons (Fsp3) is 0.579. The van der Waals surface area contributed by atoms with E-state index in [9.17, 15) is 4.79 Å². The molecule has 2 aromatic rings. The number of hydrogen-bond acceptors (Lipinski definition) is 7. The van der Waals surface area contributed by atoms with Gasteiger partial charge >= 0.3 is 0 Å². The van der Waals surface area contributed by atoms with Crippen LogP contribution in [0.3, 0.4) is 0 Å². The van der Waals surface area contributed by atoms with E-state index in [0.29, 0.717) is 12.1 Å². The van der Waals surface area contributed by atoms with E-state index in [1.165, 1.54) is 24.2 Å². The van der Waals surface area contributed by atoms with Crippen LogP contribution in [0, 0.1) is 6.92 Å². The second-order valence-electron chi connectivity index (χ2n) is 7.56. The summed E-state index contributed by atoms with van der Waals surface area (Å²) in [4.78, 5) is 33.1. The number of nitrogens with zero attached hydrogens (tertiary/aromatic N) is 6. The van der Waals surface area contributed by atoms with E-state index in [0.717, 1.165) is 48.1 Å². The van der Waals surface area contributed by atoms with Crippen LogP contribution in [0.4, 0.5) is 11.6 Å². The van der Waals surface area contributed by atoms with Gasteiger partial charge in [0.05, 0.1) is 11.2 Å². The van der Waals surface area contributed by atoms with Gasteiger partial charge in [-0.3, -0.25) is 4.79 Å². The van der Waals surface area contributed by atoms with E-state index >= 15 is 0 Å². The first-order chi connectivity index (χ1) is 13.0. The highest BCUT2D eigenvalue weighted by molar-refractivity contribution is 7.11. The lowest BCUT2D eigenvalue weighted by molar-refractivity contribution is 0.0716. The van der Waals surface area contributed by atoms with Crippen molar-refractivity contribution in [2.75, 3.05) is 37.0 Å². The number of likely N-dealkylation sites (tertiary alicyclic amines) is 1. The molecule has 27 heavy (non-hydrogen) atoms. The molecule has 2 fully saturated rings. The number of anilines is 2. The Hall–Kier alpha value is -2.22. The summed E-state index contributed by atoms with van der Waals surface area (Å²) in [5.41, 5.74) is 2.59. The summed E-state index contributed by atoms with van der Waals surface area (Å²) in [7, 11) is 4.00. The van der Waals surface area contributed by atoms with Gasteiger partial charge in [0.25, 0.3) is 5.91 Å². The molecule has 0 bridgehead atoms. The number of aromatic nitrogens is 3. The number of carbonyl (C=O) groups is 1. The van der Waals surface area contributed by atoms with Gasteiger partial charge in [-0.05, 0) is 32.6 Å². The third-order valence-electron chi connectivity index (χ3n) is 5.39. The van der Waals surface area contributed by atoms with Crippen LogP contribution in [0.5, 0.6) is 0 Å². The van der Waals surface area contributed by atoms with E-state index in [1.807, 2.05) is 30.8 Å². The van der Waals surface area contributed by atoms with E-state index in [-0.39, 0.29) is 5.91 Å². The average Bonchev–Trinajstić information content (AvgIpc) is 3.42. The quantitative estimate of drug-likeness (QED) is 0.787. The second kappa shape index (κ2) is 7.42. The Bertz CT molecular complexity index is 810. The van der Waals surface area contributed by atoms with Gasteiger partial charge in [-0.2, -0.15) is 0 Å². The number of hydrogen-bond donors (Lipinski definition) is 0. The molecule has 2 aromatic heterocycles. The zero-order chi connectivity index (χ0) is 19.0. The third-order valence-corrected chi connectivity index (χ3v) is 6.30. The number of aryl methyl sites for hydroxylation is 1. The lowest BCUT2D eigenvalue weighted by Gasteiger charge is -2.39. The number of thiazole rings is 1. The third kappa shape index (κ3) is 3.76. The van der Waals surface area contributed by atoms with Gasteiger partial charge in [-0.25, -0.2) is 15.0 Å². The molecule has 1 aliphatic heterocycles. The molecule has 144 valence electrons. The summed E-state index contributed by atoms with van der Waals surface area (Å²) in [6.45, 7) is 3.48. The molecule has 1 saturated carbocycles. The smallest absolute Gasteiger partial charge is 0.265 e. The van der Waals surface area contributed by atoms with Gasteiger partial charge in [0.1, 0.15) is 22.8 Å². The summed E-state index contributed by atoms with van der Waals surface area (Å²) < 4.78 is 0. The molecule has 1 amide bonds. The first-order valence-corrected chi connectivity index (χ1v) is 10.4. The summed E-state index contributed by atoms with van der Waals surface area (Å²) in [6, 6.07) is 3.08. The SMILES string of the molecule is Cc1ncsc1C(=O)N1CCC(N(c2cc(N(C)C)ncn2)C2CC2)CC1. The maximum absolute atomic E-state index is 12.8. The minimum atomic E-state index is 0.128. The molecule has 1 aliphatic carbocycles. The van der Waals surface area contributed by atoms with Gasteiger partial charge in [0, 0.05) is 45.3 Å². The largest absolute Gasteiger partial charge is 0.363 e. The van der Waals surface area contributed by atoms with Crippen molar-refractivity contribution in [2.24, 2.45) is 0 Å². The lowest BCUT2D eigenvalue weighted by atomic mass is 10.0. The zero-order valence-electron chi connectivity index (χ0n) is 16.1. The Kier molecular flexibility index (Phi) is 4.99. The van der Waals surface area contributed by atoms with Crippen LogP contribution < -0.4 is 9.80 Å². The van der Waals surface area contributed by atoms with Crippen LogP contribution in [-0.4, -0.2) is 65.0 Å². The molecule has 8 heteroatoms. The minimum absolute atomic E-state index is 0.128. The van der Waals surface area contributed by atoms with Crippen LogP contribution in [-0.2, 0) is 0 Å². The molecule has 4 rings (SSSR count). The van der Waals surface area contributed by atoms with Crippen molar-refractivity contribution >= 4 is 28.9 Å². The number of amides is 1. The Morgan fingerprint density at radius 1 is 1.07 bits per heavy atom. The minimum Gasteiger partial charge on any atom is -0.363 e. The van der Waals surface area contributed by atoms with E-state index in [1.54, 1.807) is 11.8 Å². The first kappa shape index (κ1) is 18.2. The number of piperidine rings is 1. The standard InChI is InChI=1S/C19H26N6OS/c1-13-18(27-12-22-13)19(26)24-8-6-15(7-9-24)25(14-4-5-14)17-10-16(23(2)3)20-11-21-17/h10-12,14-15H,4-9H2,1-3H3. The molecule has 3 heterocycles. The van der Waals surface area contributed by atoms with E-state index in [4.69, 9.17) is 0 Å². The van der Waals surface area contributed by atoms with Gasteiger partial charge in [-0.15, -0.1) is 11.3 Å². The normalized spacial score (nSPS) is 17.8. The van der Waals surface area contributed by atoms with Crippen molar-refractivity contribution in [3.63, 3.8) is 0 Å². The Labute approximate surface area is 164 Å². The predicted molar refractivity (Wildman–Crippen MR) is 108 cm³/mol. The monoisotopic (exact) mass is 386 g/mol. The molecule has 0 radical (unpaired) electrons. The molecule has 7 nitrogen and oxygen atoms in total. The average molecular weight is 387 g/mol. The molecule has 0 spiro atoms. The number of rotatable bonds is 5. The predicted octanol–water partition coefficient (Wildman–Crippen LogP) is 2.58. The Morgan fingerprint density at radius 2 is 1.74 bits per heavy atom. The maximum Gasteiger partial charge on any atom is 0.265 e. The van der Waals surface area contributed by atoms with Crippen molar-refractivity contribution in [1.29, 1.82) is 0 Å². The molecule has 0 aromatic carbocycles. The van der Waals surface area contributed by atoms with Gasteiger partial charge < -0.3 is 14.7 Å². The van der Waals surface area contributed by atoms with Crippen molar-refractivity contribution in [3.8, 4) is 0 Å². The molecular formula is C19H26N6OS. The maximum atomic E-state index is 12.8. The highest BCUT2D eigenvalue weighted by atomic mass is 32.1. The summed E-state index contributed by atoms with van der Waals surface area (Å²) >= 11 is 1.44. The van der Waals surface area contributed by atoms with Gasteiger partial charge in [-0.1, -0.05) is 0 Å². The molecule has 0 unspecified atom stereocenters. The van der Waals surface area contributed by atoms with Gasteiger partial charge in [0.15, 0.2) is 0 Å². The molecule has 1 saturated heterocycles.